The number of hydrogen-bond donors (Lipinski definition) is 1. The molecule has 0 radical (unpaired) electrons. The predicted octanol–water partition coefficient (Wildman–Crippen LogP) is 2.45. The zero-order valence-electron chi connectivity index (χ0n) is 15.4. The van der Waals surface area contributed by atoms with Crippen LogP contribution in [-0.2, 0) is 11.3 Å². The van der Waals surface area contributed by atoms with Gasteiger partial charge in [0.1, 0.15) is 0 Å². The molecule has 6 heteroatoms. The van der Waals surface area contributed by atoms with E-state index in [0.717, 1.165) is 69.0 Å². The molecule has 1 aromatic heterocycles. The molecule has 2 fully saturated rings. The number of ether oxygens (including phenoxy) is 2. The number of aromatic nitrogens is 1. The molecule has 0 bridgehead atoms. The van der Waals surface area contributed by atoms with Crippen molar-refractivity contribution in [2.75, 3.05) is 33.4 Å². The fourth-order valence-corrected chi connectivity index (χ4v) is 3.11. The summed E-state index contributed by atoms with van der Waals surface area (Å²) in [5.74, 6) is 2.41. The van der Waals surface area contributed by atoms with Gasteiger partial charge in [-0.1, -0.05) is 0 Å². The third-order valence-electron chi connectivity index (χ3n) is 4.77. The van der Waals surface area contributed by atoms with E-state index >= 15 is 0 Å². The Kier molecular flexibility index (Phi) is 6.50. The van der Waals surface area contributed by atoms with Gasteiger partial charge in [-0.15, -0.1) is 0 Å². The molecule has 1 aromatic rings. The number of nitrogens with one attached hydrogen (secondary N) is 1. The van der Waals surface area contributed by atoms with Gasteiger partial charge in [0.25, 0.3) is 0 Å². The van der Waals surface area contributed by atoms with E-state index < -0.39 is 0 Å². The van der Waals surface area contributed by atoms with Gasteiger partial charge in [0.15, 0.2) is 5.96 Å². The number of rotatable bonds is 7. The van der Waals surface area contributed by atoms with E-state index in [0.29, 0.717) is 6.10 Å². The van der Waals surface area contributed by atoms with Crippen molar-refractivity contribution in [3.63, 3.8) is 0 Å². The molecule has 6 nitrogen and oxygen atoms in total. The maximum absolute atomic E-state index is 5.76. The molecule has 2 heterocycles. The Morgan fingerprint density at radius 3 is 2.80 bits per heavy atom. The third kappa shape index (κ3) is 5.59. The van der Waals surface area contributed by atoms with Crippen LogP contribution in [0.2, 0.25) is 0 Å². The molecule has 1 saturated carbocycles. The Hall–Kier alpha value is -1.82. The van der Waals surface area contributed by atoms with Crippen molar-refractivity contribution in [2.24, 2.45) is 10.9 Å². The van der Waals surface area contributed by atoms with Gasteiger partial charge in [-0.05, 0) is 50.2 Å². The lowest BCUT2D eigenvalue weighted by Gasteiger charge is -2.34. The largest absolute Gasteiger partial charge is 0.477 e. The Morgan fingerprint density at radius 1 is 1.32 bits per heavy atom. The lowest BCUT2D eigenvalue weighted by atomic mass is 10.1. The molecule has 2 aliphatic rings. The maximum atomic E-state index is 5.76. The summed E-state index contributed by atoms with van der Waals surface area (Å²) in [5.41, 5.74) is 1.16. The van der Waals surface area contributed by atoms with E-state index in [1.54, 1.807) is 0 Å². The summed E-state index contributed by atoms with van der Waals surface area (Å²) in [6.07, 6.45) is 6.90. The minimum Gasteiger partial charge on any atom is -0.477 e. The maximum Gasteiger partial charge on any atom is 0.213 e. The van der Waals surface area contributed by atoms with E-state index in [2.05, 4.69) is 27.1 Å². The highest BCUT2D eigenvalue weighted by Crippen LogP contribution is 2.29. The van der Waals surface area contributed by atoms with Crippen molar-refractivity contribution in [3.8, 4) is 5.88 Å². The second kappa shape index (κ2) is 9.04. The topological polar surface area (TPSA) is 59.0 Å². The number of pyridine rings is 1. The van der Waals surface area contributed by atoms with Crippen LogP contribution in [0.4, 0.5) is 0 Å². The van der Waals surface area contributed by atoms with Crippen molar-refractivity contribution in [2.45, 2.75) is 45.3 Å². The number of nitrogens with zero attached hydrogens (tertiary/aromatic N) is 3. The molecular formula is C19H30N4O2. The van der Waals surface area contributed by atoms with Gasteiger partial charge in [-0.2, -0.15) is 0 Å². The summed E-state index contributed by atoms with van der Waals surface area (Å²) in [6, 6.07) is 4.04. The van der Waals surface area contributed by atoms with Gasteiger partial charge in [0.05, 0.1) is 12.7 Å². The number of aliphatic imine (C=N–C) groups is 1. The van der Waals surface area contributed by atoms with E-state index in [1.165, 1.54) is 12.8 Å². The average Bonchev–Trinajstić information content (AvgIpc) is 3.47. The second-order valence-corrected chi connectivity index (χ2v) is 6.80. The molecule has 0 spiro atoms. The first-order valence-corrected chi connectivity index (χ1v) is 9.43. The van der Waals surface area contributed by atoms with Crippen molar-refractivity contribution < 1.29 is 9.47 Å². The summed E-state index contributed by atoms with van der Waals surface area (Å²) in [5, 5.41) is 3.46. The number of likely N-dealkylation sites (tertiary alicyclic amines) is 1. The second-order valence-electron chi connectivity index (χ2n) is 6.80. The molecule has 1 saturated heterocycles. The molecule has 1 aliphatic heterocycles. The van der Waals surface area contributed by atoms with Crippen LogP contribution in [0.1, 0.15) is 38.2 Å². The van der Waals surface area contributed by atoms with Crippen LogP contribution in [0, 0.1) is 5.92 Å². The molecule has 0 aromatic carbocycles. The quantitative estimate of drug-likeness (QED) is 0.607. The van der Waals surface area contributed by atoms with Crippen molar-refractivity contribution >= 4 is 5.96 Å². The van der Waals surface area contributed by atoms with Crippen LogP contribution in [0.15, 0.2) is 23.3 Å². The highest BCUT2D eigenvalue weighted by molar-refractivity contribution is 5.79. The normalized spacial score (nSPS) is 19.1. The van der Waals surface area contributed by atoms with Gasteiger partial charge in [-0.3, -0.25) is 4.99 Å². The van der Waals surface area contributed by atoms with Crippen LogP contribution in [0.5, 0.6) is 5.88 Å². The van der Waals surface area contributed by atoms with Gasteiger partial charge in [0.2, 0.25) is 5.88 Å². The lowest BCUT2D eigenvalue weighted by molar-refractivity contribution is 0.0263. The molecule has 0 atom stereocenters. The van der Waals surface area contributed by atoms with Crippen LogP contribution in [-0.4, -0.2) is 55.3 Å². The van der Waals surface area contributed by atoms with Crippen molar-refractivity contribution in [1.82, 2.24) is 15.2 Å². The number of hydrogen-bond acceptors (Lipinski definition) is 4. The smallest absolute Gasteiger partial charge is 0.213 e. The number of guanidine groups is 1. The Labute approximate surface area is 150 Å². The van der Waals surface area contributed by atoms with Crippen LogP contribution < -0.4 is 10.1 Å². The Morgan fingerprint density at radius 2 is 2.12 bits per heavy atom. The molecule has 1 aliphatic carbocycles. The lowest BCUT2D eigenvalue weighted by Crippen LogP contribution is -2.46. The van der Waals surface area contributed by atoms with Gasteiger partial charge in [0, 0.05) is 45.6 Å². The monoisotopic (exact) mass is 346 g/mol. The summed E-state index contributed by atoms with van der Waals surface area (Å²) in [7, 11) is 1.84. The minimum atomic E-state index is 0.394. The summed E-state index contributed by atoms with van der Waals surface area (Å²) in [4.78, 5) is 11.0. The Balaban J connectivity index is 1.47. The third-order valence-corrected chi connectivity index (χ3v) is 4.77. The highest BCUT2D eigenvalue weighted by atomic mass is 16.5. The zero-order chi connectivity index (χ0) is 17.5. The van der Waals surface area contributed by atoms with Gasteiger partial charge >= 0.3 is 0 Å². The molecule has 3 rings (SSSR count). The van der Waals surface area contributed by atoms with Gasteiger partial charge < -0.3 is 19.7 Å². The number of piperidine rings is 1. The molecule has 25 heavy (non-hydrogen) atoms. The van der Waals surface area contributed by atoms with Crippen molar-refractivity contribution in [3.05, 3.63) is 23.9 Å². The molecule has 138 valence electrons. The SMILES string of the molecule is CCOC1CCN(C(=NC)NCc2ccnc(OCC3CC3)c2)CC1. The minimum absolute atomic E-state index is 0.394. The van der Waals surface area contributed by atoms with E-state index in [-0.39, 0.29) is 0 Å². The summed E-state index contributed by atoms with van der Waals surface area (Å²) < 4.78 is 11.5. The molecule has 0 unspecified atom stereocenters. The predicted molar refractivity (Wildman–Crippen MR) is 98.9 cm³/mol. The molecule has 1 N–H and O–H groups in total. The van der Waals surface area contributed by atoms with Crippen LogP contribution in [0.3, 0.4) is 0 Å². The van der Waals surface area contributed by atoms with E-state index in [1.807, 2.05) is 25.4 Å². The summed E-state index contributed by atoms with van der Waals surface area (Å²) in [6.45, 7) is 6.34. The molecular weight excluding hydrogens is 316 g/mol. The van der Waals surface area contributed by atoms with Gasteiger partial charge in [-0.25, -0.2) is 4.98 Å². The fourth-order valence-electron chi connectivity index (χ4n) is 3.11. The Bertz CT molecular complexity index is 566. The van der Waals surface area contributed by atoms with E-state index in [9.17, 15) is 0 Å². The molecule has 0 amide bonds. The first-order chi connectivity index (χ1) is 12.3. The van der Waals surface area contributed by atoms with Crippen LogP contribution >= 0.6 is 0 Å². The first kappa shape index (κ1) is 18.0. The zero-order valence-corrected chi connectivity index (χ0v) is 15.4. The first-order valence-electron chi connectivity index (χ1n) is 9.43. The van der Waals surface area contributed by atoms with Crippen LogP contribution in [0.25, 0.3) is 0 Å². The highest BCUT2D eigenvalue weighted by Gasteiger charge is 2.22. The van der Waals surface area contributed by atoms with Crippen molar-refractivity contribution in [1.29, 1.82) is 0 Å². The average molecular weight is 346 g/mol. The summed E-state index contributed by atoms with van der Waals surface area (Å²) >= 11 is 0. The fraction of sp³-hybridized carbons (Fsp3) is 0.684. The van der Waals surface area contributed by atoms with E-state index in [4.69, 9.17) is 9.47 Å². The standard InChI is InChI=1S/C19H30N4O2/c1-3-24-17-7-10-23(11-8-17)19(20-2)22-13-16-6-9-21-18(12-16)25-14-15-4-5-15/h6,9,12,15,17H,3-5,7-8,10-11,13-14H2,1-2H3,(H,20,22).